The van der Waals surface area contributed by atoms with Crippen molar-refractivity contribution in [1.29, 1.82) is 0 Å². The van der Waals surface area contributed by atoms with Gasteiger partial charge in [-0.05, 0) is 43.0 Å². The molecule has 1 heterocycles. The summed E-state index contributed by atoms with van der Waals surface area (Å²) in [5, 5.41) is 7.98. The van der Waals surface area contributed by atoms with Crippen molar-refractivity contribution >= 4 is 15.7 Å². The van der Waals surface area contributed by atoms with Crippen LogP contribution in [0.15, 0.2) is 41.3 Å². The largest absolute Gasteiger partial charge is 0.311 e. The lowest BCUT2D eigenvalue weighted by Gasteiger charge is -2.19. The van der Waals surface area contributed by atoms with Crippen molar-refractivity contribution in [3.63, 3.8) is 0 Å². The molecule has 0 aliphatic carbocycles. The van der Waals surface area contributed by atoms with Crippen molar-refractivity contribution in [1.82, 2.24) is 14.8 Å². The quantitative estimate of drug-likeness (QED) is 0.634. The lowest BCUT2D eigenvalue weighted by Crippen LogP contribution is -2.16. The van der Waals surface area contributed by atoms with Crippen molar-refractivity contribution in [2.24, 2.45) is 0 Å². The van der Waals surface area contributed by atoms with E-state index in [-0.39, 0.29) is 27.4 Å². The summed E-state index contributed by atoms with van der Waals surface area (Å²) in [7, 11) is -4.05. The summed E-state index contributed by atoms with van der Waals surface area (Å²) in [4.78, 5) is 0.0133. The number of rotatable bonds is 5. The number of aryl methyl sites for hydroxylation is 1. The number of anilines is 1. The molecule has 1 aromatic heterocycles. The standard InChI is InChI=1S/C21H24F2N4O2S/c1-6-27-13(2)24-25-20(27)16-11-17(22)18(23)12-19(16)26-30(28,29)15-9-7-14(8-10-15)21(3,4)5/h7-12,26H,6H2,1-5H3. The molecule has 0 bridgehead atoms. The molecule has 2 aromatic carbocycles. The molecule has 0 aliphatic rings. The number of sulfonamides is 1. The second-order valence-corrected chi connectivity index (χ2v) is 9.69. The van der Waals surface area contributed by atoms with Gasteiger partial charge in [-0.3, -0.25) is 4.72 Å². The highest BCUT2D eigenvalue weighted by Crippen LogP contribution is 2.32. The monoisotopic (exact) mass is 434 g/mol. The van der Waals surface area contributed by atoms with Gasteiger partial charge in [0, 0.05) is 18.2 Å². The molecule has 0 radical (unpaired) electrons. The van der Waals surface area contributed by atoms with Gasteiger partial charge >= 0.3 is 0 Å². The predicted octanol–water partition coefficient (Wildman–Crippen LogP) is 4.65. The molecule has 0 spiro atoms. The maximum atomic E-state index is 14.0. The predicted molar refractivity (Wildman–Crippen MR) is 112 cm³/mol. The van der Waals surface area contributed by atoms with Gasteiger partial charge in [0.05, 0.1) is 10.6 Å². The molecule has 0 aliphatic heterocycles. The van der Waals surface area contributed by atoms with Crippen LogP contribution in [-0.2, 0) is 22.0 Å². The Morgan fingerprint density at radius 3 is 2.20 bits per heavy atom. The third kappa shape index (κ3) is 4.21. The van der Waals surface area contributed by atoms with E-state index in [2.05, 4.69) is 14.9 Å². The van der Waals surface area contributed by atoms with E-state index in [0.29, 0.717) is 12.4 Å². The Kier molecular flexibility index (Phi) is 5.68. The normalized spacial score (nSPS) is 12.2. The molecular formula is C21H24F2N4O2S. The SMILES string of the molecule is CCn1c(C)nnc1-c1cc(F)c(F)cc1NS(=O)(=O)c1ccc(C(C)(C)C)cc1. The Morgan fingerprint density at radius 1 is 1.03 bits per heavy atom. The van der Waals surface area contributed by atoms with Gasteiger partial charge in [-0.1, -0.05) is 32.9 Å². The molecule has 9 heteroatoms. The van der Waals surface area contributed by atoms with E-state index in [1.165, 1.54) is 12.1 Å². The van der Waals surface area contributed by atoms with E-state index in [9.17, 15) is 17.2 Å². The zero-order chi connectivity index (χ0) is 22.3. The highest BCUT2D eigenvalue weighted by molar-refractivity contribution is 7.92. The first-order valence-electron chi connectivity index (χ1n) is 9.46. The zero-order valence-corrected chi connectivity index (χ0v) is 18.3. The third-order valence-electron chi connectivity index (χ3n) is 4.83. The summed E-state index contributed by atoms with van der Waals surface area (Å²) >= 11 is 0. The smallest absolute Gasteiger partial charge is 0.261 e. The lowest BCUT2D eigenvalue weighted by atomic mass is 9.87. The van der Waals surface area contributed by atoms with Crippen LogP contribution in [0.1, 0.15) is 39.1 Å². The van der Waals surface area contributed by atoms with E-state index in [0.717, 1.165) is 17.7 Å². The van der Waals surface area contributed by atoms with Crippen LogP contribution in [0, 0.1) is 18.6 Å². The van der Waals surface area contributed by atoms with Crippen LogP contribution >= 0.6 is 0 Å². The Hall–Kier alpha value is -2.81. The van der Waals surface area contributed by atoms with Crippen LogP contribution in [0.4, 0.5) is 14.5 Å². The lowest BCUT2D eigenvalue weighted by molar-refractivity contribution is 0.509. The van der Waals surface area contributed by atoms with Crippen LogP contribution in [-0.4, -0.2) is 23.2 Å². The maximum Gasteiger partial charge on any atom is 0.261 e. The van der Waals surface area contributed by atoms with Crippen LogP contribution in [0.25, 0.3) is 11.4 Å². The Bertz CT molecular complexity index is 1180. The molecule has 0 saturated heterocycles. The number of hydrogen-bond acceptors (Lipinski definition) is 4. The van der Waals surface area contributed by atoms with E-state index in [4.69, 9.17) is 0 Å². The third-order valence-corrected chi connectivity index (χ3v) is 6.21. The average Bonchev–Trinajstić information content (AvgIpc) is 3.04. The molecule has 0 fully saturated rings. The highest BCUT2D eigenvalue weighted by atomic mass is 32.2. The van der Waals surface area contributed by atoms with Gasteiger partial charge in [-0.2, -0.15) is 0 Å². The summed E-state index contributed by atoms with van der Waals surface area (Å²) in [6.45, 7) is 10.1. The van der Waals surface area contributed by atoms with Gasteiger partial charge in [-0.15, -0.1) is 10.2 Å². The molecule has 6 nitrogen and oxygen atoms in total. The van der Waals surface area contributed by atoms with Gasteiger partial charge in [0.1, 0.15) is 5.82 Å². The minimum absolute atomic E-state index is 0.0133. The van der Waals surface area contributed by atoms with E-state index >= 15 is 0 Å². The van der Waals surface area contributed by atoms with Crippen LogP contribution in [0.5, 0.6) is 0 Å². The maximum absolute atomic E-state index is 14.0. The topological polar surface area (TPSA) is 76.9 Å². The number of hydrogen-bond donors (Lipinski definition) is 1. The number of benzene rings is 2. The molecule has 3 rings (SSSR count). The second-order valence-electron chi connectivity index (χ2n) is 8.01. The first-order chi connectivity index (χ1) is 13.9. The number of halogens is 2. The van der Waals surface area contributed by atoms with Crippen LogP contribution in [0.3, 0.4) is 0 Å². The van der Waals surface area contributed by atoms with Crippen LogP contribution in [0.2, 0.25) is 0 Å². The average molecular weight is 435 g/mol. The Morgan fingerprint density at radius 2 is 1.63 bits per heavy atom. The fourth-order valence-electron chi connectivity index (χ4n) is 3.11. The first-order valence-corrected chi connectivity index (χ1v) is 10.9. The summed E-state index contributed by atoms with van der Waals surface area (Å²) in [6.07, 6.45) is 0. The molecule has 0 saturated carbocycles. The van der Waals surface area contributed by atoms with Crippen molar-refractivity contribution in [2.75, 3.05) is 4.72 Å². The fraction of sp³-hybridized carbons (Fsp3) is 0.333. The molecule has 3 aromatic rings. The number of nitrogens with zero attached hydrogens (tertiary/aromatic N) is 3. The molecule has 0 atom stereocenters. The second kappa shape index (κ2) is 7.79. The summed E-state index contributed by atoms with van der Waals surface area (Å²) in [5.41, 5.74) is 0.828. The molecule has 0 unspecified atom stereocenters. The zero-order valence-electron chi connectivity index (χ0n) is 17.5. The minimum Gasteiger partial charge on any atom is -0.311 e. The molecule has 160 valence electrons. The molecule has 1 N–H and O–H groups in total. The van der Waals surface area contributed by atoms with Gasteiger partial charge < -0.3 is 4.57 Å². The Balaban J connectivity index is 2.06. The molecular weight excluding hydrogens is 410 g/mol. The van der Waals surface area contributed by atoms with Gasteiger partial charge in [0.15, 0.2) is 17.5 Å². The highest BCUT2D eigenvalue weighted by Gasteiger charge is 2.23. The van der Waals surface area contributed by atoms with Crippen LogP contribution < -0.4 is 4.72 Å². The van der Waals surface area contributed by atoms with Crippen molar-refractivity contribution in [3.8, 4) is 11.4 Å². The van der Waals surface area contributed by atoms with E-state index in [1.807, 2.05) is 27.7 Å². The van der Waals surface area contributed by atoms with Crippen molar-refractivity contribution in [3.05, 3.63) is 59.4 Å². The molecule has 0 amide bonds. The van der Waals surface area contributed by atoms with Gasteiger partial charge in [0.2, 0.25) is 0 Å². The fourth-order valence-corrected chi connectivity index (χ4v) is 4.18. The van der Waals surface area contributed by atoms with Crippen molar-refractivity contribution < 1.29 is 17.2 Å². The summed E-state index contributed by atoms with van der Waals surface area (Å²) in [6, 6.07) is 8.18. The summed E-state index contributed by atoms with van der Waals surface area (Å²) < 4.78 is 57.9. The van der Waals surface area contributed by atoms with Crippen molar-refractivity contribution in [2.45, 2.75) is 51.5 Å². The summed E-state index contributed by atoms with van der Waals surface area (Å²) in [5.74, 6) is -1.46. The molecule has 30 heavy (non-hydrogen) atoms. The van der Waals surface area contributed by atoms with Gasteiger partial charge in [0.25, 0.3) is 10.0 Å². The minimum atomic E-state index is -4.05. The van der Waals surface area contributed by atoms with E-state index in [1.54, 1.807) is 23.6 Å². The number of aromatic nitrogens is 3. The van der Waals surface area contributed by atoms with Gasteiger partial charge in [-0.25, -0.2) is 17.2 Å². The van der Waals surface area contributed by atoms with E-state index < -0.39 is 21.7 Å². The first kappa shape index (κ1) is 21.9. The Labute approximate surface area is 175 Å². The number of nitrogens with one attached hydrogen (secondary N) is 1.